The van der Waals surface area contributed by atoms with E-state index in [1.165, 1.54) is 12.8 Å². The van der Waals surface area contributed by atoms with Crippen LogP contribution in [0.1, 0.15) is 44.8 Å². The smallest absolute Gasteiger partial charge is 0.233 e. The van der Waals surface area contributed by atoms with E-state index >= 15 is 0 Å². The minimum Gasteiger partial charge on any atom is -0.339 e. The Bertz CT molecular complexity index is 326. The molecule has 0 aliphatic heterocycles. The van der Waals surface area contributed by atoms with Crippen LogP contribution in [0.4, 0.5) is 0 Å². The van der Waals surface area contributed by atoms with Crippen molar-refractivity contribution in [2.75, 3.05) is 6.54 Å². The molecule has 4 heteroatoms. The summed E-state index contributed by atoms with van der Waals surface area (Å²) in [5, 5.41) is 4.02. The maximum absolute atomic E-state index is 5.74. The van der Waals surface area contributed by atoms with Crippen molar-refractivity contribution >= 4 is 0 Å². The van der Waals surface area contributed by atoms with E-state index in [0.717, 1.165) is 24.6 Å². The Morgan fingerprint density at radius 2 is 2.27 bits per heavy atom. The first-order valence-corrected chi connectivity index (χ1v) is 5.71. The highest BCUT2D eigenvalue weighted by Crippen LogP contribution is 2.32. The maximum atomic E-state index is 5.74. The van der Waals surface area contributed by atoms with E-state index in [1.54, 1.807) is 0 Å². The van der Waals surface area contributed by atoms with Gasteiger partial charge < -0.3 is 10.3 Å². The quantitative estimate of drug-likeness (QED) is 0.800. The highest BCUT2D eigenvalue weighted by Gasteiger charge is 2.31. The van der Waals surface area contributed by atoms with Crippen molar-refractivity contribution in [3.63, 3.8) is 0 Å². The predicted octanol–water partition coefficient (Wildman–Crippen LogP) is 1.65. The van der Waals surface area contributed by atoms with Crippen molar-refractivity contribution in [1.29, 1.82) is 0 Å². The number of nitrogens with two attached hydrogens (primary N) is 1. The predicted molar refractivity (Wildman–Crippen MR) is 57.4 cm³/mol. The average Bonchev–Trinajstić information content (AvgIpc) is 2.93. The molecule has 0 saturated heterocycles. The largest absolute Gasteiger partial charge is 0.339 e. The van der Waals surface area contributed by atoms with Gasteiger partial charge in [0.25, 0.3) is 0 Å². The minimum atomic E-state index is -0.158. The van der Waals surface area contributed by atoms with Gasteiger partial charge in [0.1, 0.15) is 0 Å². The third-order valence-corrected chi connectivity index (χ3v) is 3.38. The monoisotopic (exact) mass is 209 g/mol. The topological polar surface area (TPSA) is 64.9 Å². The van der Waals surface area contributed by atoms with Crippen molar-refractivity contribution in [1.82, 2.24) is 10.1 Å². The van der Waals surface area contributed by atoms with Crippen LogP contribution >= 0.6 is 0 Å². The molecule has 0 aromatic carbocycles. The molecule has 0 spiro atoms. The Balaban J connectivity index is 2.10. The lowest BCUT2D eigenvalue weighted by atomic mass is 9.88. The molecule has 1 unspecified atom stereocenters. The number of hydrogen-bond donors (Lipinski definition) is 1. The van der Waals surface area contributed by atoms with Crippen LogP contribution in [0, 0.1) is 5.92 Å². The molecule has 1 aromatic rings. The van der Waals surface area contributed by atoms with Gasteiger partial charge in [-0.05, 0) is 32.1 Å². The zero-order valence-corrected chi connectivity index (χ0v) is 9.49. The van der Waals surface area contributed by atoms with Crippen LogP contribution in [0.5, 0.6) is 0 Å². The molecule has 2 N–H and O–H groups in total. The van der Waals surface area contributed by atoms with E-state index in [1.807, 2.05) is 0 Å². The molecule has 1 heterocycles. The summed E-state index contributed by atoms with van der Waals surface area (Å²) in [5.74, 6) is 2.34. The Morgan fingerprint density at radius 3 is 2.80 bits per heavy atom. The molecular formula is C11H19N3O. The fourth-order valence-corrected chi connectivity index (χ4v) is 1.55. The minimum absolute atomic E-state index is 0.158. The molecule has 2 rings (SSSR count). The van der Waals surface area contributed by atoms with E-state index in [4.69, 9.17) is 10.3 Å². The van der Waals surface area contributed by atoms with E-state index in [0.29, 0.717) is 12.4 Å². The van der Waals surface area contributed by atoms with Crippen LogP contribution in [0.25, 0.3) is 0 Å². The van der Waals surface area contributed by atoms with E-state index in [9.17, 15) is 0 Å². The Kier molecular flexibility index (Phi) is 2.78. The van der Waals surface area contributed by atoms with Gasteiger partial charge in [0, 0.05) is 13.0 Å². The Labute approximate surface area is 90.2 Å². The normalized spacial score (nSPS) is 20.2. The molecule has 1 fully saturated rings. The van der Waals surface area contributed by atoms with Crippen molar-refractivity contribution < 1.29 is 4.52 Å². The second kappa shape index (κ2) is 3.93. The van der Waals surface area contributed by atoms with E-state index < -0.39 is 0 Å². The van der Waals surface area contributed by atoms with Gasteiger partial charge in [-0.3, -0.25) is 0 Å². The van der Waals surface area contributed by atoms with Crippen LogP contribution < -0.4 is 5.73 Å². The summed E-state index contributed by atoms with van der Waals surface area (Å²) in [6.07, 6.45) is 4.51. The number of nitrogens with zero attached hydrogens (tertiary/aromatic N) is 2. The zero-order chi connectivity index (χ0) is 10.9. The van der Waals surface area contributed by atoms with E-state index in [-0.39, 0.29) is 5.41 Å². The fourth-order valence-electron chi connectivity index (χ4n) is 1.55. The summed E-state index contributed by atoms with van der Waals surface area (Å²) < 4.78 is 5.30. The number of rotatable bonds is 5. The van der Waals surface area contributed by atoms with Gasteiger partial charge in [-0.15, -0.1) is 0 Å². The first-order valence-electron chi connectivity index (χ1n) is 5.71. The molecule has 1 aromatic heterocycles. The molecule has 0 radical (unpaired) electrons. The molecule has 0 bridgehead atoms. The molecule has 0 amide bonds. The summed E-state index contributed by atoms with van der Waals surface area (Å²) in [6, 6.07) is 0. The number of hydrogen-bond acceptors (Lipinski definition) is 4. The van der Waals surface area contributed by atoms with Crippen LogP contribution in [-0.2, 0) is 11.8 Å². The van der Waals surface area contributed by atoms with Crippen LogP contribution in [0.15, 0.2) is 4.52 Å². The van der Waals surface area contributed by atoms with Gasteiger partial charge >= 0.3 is 0 Å². The summed E-state index contributed by atoms with van der Waals surface area (Å²) >= 11 is 0. The molecule has 4 nitrogen and oxygen atoms in total. The lowest BCUT2D eigenvalue weighted by molar-refractivity contribution is 0.289. The summed E-state index contributed by atoms with van der Waals surface area (Å²) in [6.45, 7) is 4.72. The van der Waals surface area contributed by atoms with Crippen molar-refractivity contribution in [3.05, 3.63) is 11.7 Å². The highest BCUT2D eigenvalue weighted by atomic mass is 16.5. The van der Waals surface area contributed by atoms with Crippen LogP contribution in [0.3, 0.4) is 0 Å². The Hall–Kier alpha value is -0.900. The molecular weight excluding hydrogens is 190 g/mol. The lowest BCUT2D eigenvalue weighted by Crippen LogP contribution is -2.31. The highest BCUT2D eigenvalue weighted by molar-refractivity contribution is 5.04. The first-order chi connectivity index (χ1) is 7.18. The van der Waals surface area contributed by atoms with Gasteiger partial charge in [-0.25, -0.2) is 0 Å². The van der Waals surface area contributed by atoms with Crippen molar-refractivity contribution in [2.24, 2.45) is 11.7 Å². The lowest BCUT2D eigenvalue weighted by Gasteiger charge is -2.20. The van der Waals surface area contributed by atoms with E-state index in [2.05, 4.69) is 24.0 Å². The molecule has 1 saturated carbocycles. The first kappa shape index (κ1) is 10.6. The SMILES string of the molecule is CCC(C)(CN)c1nc(CC2CC2)no1. The zero-order valence-electron chi connectivity index (χ0n) is 9.49. The molecule has 15 heavy (non-hydrogen) atoms. The summed E-state index contributed by atoms with van der Waals surface area (Å²) in [5.41, 5.74) is 5.59. The van der Waals surface area contributed by atoms with Crippen LogP contribution in [0.2, 0.25) is 0 Å². The van der Waals surface area contributed by atoms with Crippen LogP contribution in [-0.4, -0.2) is 16.7 Å². The Morgan fingerprint density at radius 1 is 1.53 bits per heavy atom. The standard InChI is InChI=1S/C11H19N3O/c1-3-11(2,7-12)10-13-9(14-15-10)6-8-4-5-8/h8H,3-7,12H2,1-2H3. The van der Waals surface area contributed by atoms with Crippen molar-refractivity contribution in [3.8, 4) is 0 Å². The third kappa shape index (κ3) is 2.20. The van der Waals surface area contributed by atoms with Gasteiger partial charge in [0.15, 0.2) is 5.82 Å². The van der Waals surface area contributed by atoms with Crippen molar-refractivity contribution in [2.45, 2.75) is 44.9 Å². The third-order valence-electron chi connectivity index (χ3n) is 3.38. The molecule has 1 aliphatic carbocycles. The summed E-state index contributed by atoms with van der Waals surface area (Å²) in [7, 11) is 0. The fraction of sp³-hybridized carbons (Fsp3) is 0.818. The maximum Gasteiger partial charge on any atom is 0.233 e. The second-order valence-corrected chi connectivity index (χ2v) is 4.78. The average molecular weight is 209 g/mol. The van der Waals surface area contributed by atoms with Gasteiger partial charge in [0.2, 0.25) is 5.89 Å². The molecule has 1 aliphatic rings. The second-order valence-electron chi connectivity index (χ2n) is 4.78. The number of aromatic nitrogens is 2. The van der Waals surface area contributed by atoms with Gasteiger partial charge in [-0.1, -0.05) is 12.1 Å². The summed E-state index contributed by atoms with van der Waals surface area (Å²) in [4.78, 5) is 4.45. The van der Waals surface area contributed by atoms with Gasteiger partial charge in [-0.2, -0.15) is 4.98 Å². The molecule has 84 valence electrons. The molecule has 1 atom stereocenters. The van der Waals surface area contributed by atoms with Gasteiger partial charge in [0.05, 0.1) is 5.41 Å².